The lowest BCUT2D eigenvalue weighted by atomic mass is 10.1. The summed E-state index contributed by atoms with van der Waals surface area (Å²) in [7, 11) is 0. The van der Waals surface area contributed by atoms with Crippen molar-refractivity contribution in [1.82, 2.24) is 50.8 Å². The number of benzene rings is 4. The van der Waals surface area contributed by atoms with Gasteiger partial charge in [-0.05, 0) is 63.1 Å². The number of H-pyrrole nitrogens is 2. The second kappa shape index (κ2) is 32.6. The van der Waals surface area contributed by atoms with E-state index in [9.17, 15) is 47.9 Å². The molecule has 11 N–H and O–H groups in total. The summed E-state index contributed by atoms with van der Waals surface area (Å²) in [5.41, 5.74) is 8.62. The minimum absolute atomic E-state index is 0.104. The van der Waals surface area contributed by atoms with Crippen molar-refractivity contribution in [3.63, 3.8) is 0 Å². The highest BCUT2D eigenvalue weighted by Crippen LogP contribution is 2.29. The average molecular weight is 1200 g/mol. The van der Waals surface area contributed by atoms with Gasteiger partial charge >= 0.3 is 24.1 Å². The van der Waals surface area contributed by atoms with E-state index in [-0.39, 0.29) is 60.2 Å². The van der Waals surface area contributed by atoms with Crippen LogP contribution in [0.5, 0.6) is 0 Å². The Morgan fingerprint density at radius 1 is 0.517 bits per heavy atom. The summed E-state index contributed by atoms with van der Waals surface area (Å²) in [5, 5.41) is 25.6. The summed E-state index contributed by atoms with van der Waals surface area (Å²) in [6.07, 6.45) is 6.26. The topological polar surface area (TPSA) is 352 Å². The summed E-state index contributed by atoms with van der Waals surface area (Å²) >= 11 is 0. The van der Waals surface area contributed by atoms with Crippen molar-refractivity contribution >= 4 is 92.4 Å². The first-order valence-electron chi connectivity index (χ1n) is 28.8. The van der Waals surface area contributed by atoms with Crippen LogP contribution in [0.1, 0.15) is 81.0 Å². The van der Waals surface area contributed by atoms with Gasteiger partial charge in [0.05, 0.1) is 60.0 Å². The molecule has 2 aliphatic rings. The van der Waals surface area contributed by atoms with Gasteiger partial charge in [-0.25, -0.2) is 14.4 Å². The van der Waals surface area contributed by atoms with E-state index in [1.54, 1.807) is 89.5 Å². The third-order valence-corrected chi connectivity index (χ3v) is 14.4. The third-order valence-electron chi connectivity index (χ3n) is 14.4. The number of carbonyl (C=O) groups excluding carboxylic acids is 9. The summed E-state index contributed by atoms with van der Waals surface area (Å²) < 4.78 is 10.6. The highest BCUT2D eigenvalue weighted by molar-refractivity contribution is 6.45. The molecule has 10 amide bonds. The Morgan fingerprint density at radius 3 is 1.40 bits per heavy atom. The van der Waals surface area contributed by atoms with Gasteiger partial charge in [0.1, 0.15) is 6.54 Å². The van der Waals surface area contributed by atoms with Crippen LogP contribution in [-0.2, 0) is 23.9 Å². The van der Waals surface area contributed by atoms with E-state index in [0.717, 1.165) is 25.7 Å². The first-order valence-corrected chi connectivity index (χ1v) is 28.8. The molecule has 0 radical (unpaired) electrons. The van der Waals surface area contributed by atoms with E-state index in [1.807, 2.05) is 31.2 Å². The number of nitrogens with one attached hydrogen (secondary N) is 8. The van der Waals surface area contributed by atoms with E-state index in [2.05, 4.69) is 41.9 Å². The van der Waals surface area contributed by atoms with E-state index in [1.165, 1.54) is 22.2 Å². The number of nitrogens with two attached hydrogens (primary N) is 1. The SMILES string of the molecule is C[C@@H]1CN(C(=O)c2ccccc2)CCN1C(=O)C(=O)c1c[nH]c2c(NC(=O)NCC(=O)O)cccc12.C[C@@H]1CN(C(=O)c2ccccc2)CCN1C(=O)C(=O)c1c[nH]c2c(NC(=O)NCCCCCCNC(=O)NCCOCCOCCN)cccc12. The number of carbonyl (C=O) groups is 10. The molecule has 0 unspecified atom stereocenters. The van der Waals surface area contributed by atoms with E-state index < -0.39 is 41.9 Å². The molecule has 26 heteroatoms. The summed E-state index contributed by atoms with van der Waals surface area (Å²) in [5.74, 6) is -4.07. The number of hydrogen-bond donors (Lipinski definition) is 10. The predicted molar refractivity (Wildman–Crippen MR) is 325 cm³/mol. The number of piperazine rings is 2. The number of aliphatic carboxylic acids is 1. The Bertz CT molecular complexity index is 3370. The molecule has 4 heterocycles. The quantitative estimate of drug-likeness (QED) is 0.0212. The van der Waals surface area contributed by atoms with Gasteiger partial charge in [0.25, 0.3) is 35.2 Å². The van der Waals surface area contributed by atoms with E-state index in [0.29, 0.717) is 123 Å². The molecule has 0 spiro atoms. The molecule has 2 fully saturated rings. The van der Waals surface area contributed by atoms with Crippen molar-refractivity contribution < 1.29 is 62.5 Å². The lowest BCUT2D eigenvalue weighted by Crippen LogP contribution is -2.56. The van der Waals surface area contributed by atoms with Gasteiger partial charge in [-0.15, -0.1) is 0 Å². The number of hydrogen-bond acceptors (Lipinski definition) is 13. The molecule has 0 aliphatic carbocycles. The van der Waals surface area contributed by atoms with Gasteiger partial charge in [-0.1, -0.05) is 73.5 Å². The molecule has 4 aromatic carbocycles. The molecule has 8 rings (SSSR count). The van der Waals surface area contributed by atoms with Crippen LogP contribution in [0.25, 0.3) is 21.8 Å². The van der Waals surface area contributed by atoms with Crippen molar-refractivity contribution in [3.05, 3.63) is 132 Å². The molecule has 462 valence electrons. The second-order valence-electron chi connectivity index (χ2n) is 20.6. The summed E-state index contributed by atoms with van der Waals surface area (Å²) in [6.45, 7) is 8.56. The number of anilines is 2. The number of ether oxygens (including phenoxy) is 2. The number of ketones is 2. The number of unbranched alkanes of at least 4 members (excludes halogenated alkanes) is 3. The standard InChI is InChI=1S/C36H50N8O7.C25H25N5O6/c1-26-25-43(33(46)27-10-5-4-6-11-27)18-19-44(26)34(47)32(45)29-24-41-31-28(29)12-9-13-30(31)42-36(49)39-16-8-3-2-7-15-38-35(48)40-17-21-51-23-22-50-20-14-37;1-15-14-29(23(34)16-6-3-2-4-7-16)10-11-30(15)24(35)22(33)18-12-26-21-17(18)8-5-9-19(21)28-25(36)27-13-20(31)32/h4-6,9-13,24,26,41H,2-3,7-8,14-23,25,37H2,1H3,(H2,38,40,48)(H2,39,42,49);2-9,12,15,26H,10-11,13-14H2,1H3,(H,31,32)(H2,27,28,36)/t26-;15-/m11/s1. The Morgan fingerprint density at radius 2 is 0.954 bits per heavy atom. The molecule has 87 heavy (non-hydrogen) atoms. The van der Waals surface area contributed by atoms with Crippen LogP contribution in [0, 0.1) is 0 Å². The van der Waals surface area contributed by atoms with Crippen molar-refractivity contribution in [2.45, 2.75) is 51.6 Å². The largest absolute Gasteiger partial charge is 0.480 e. The number of carboxylic acid groups (broad SMARTS) is 1. The number of aromatic nitrogens is 2. The molecular formula is C61H75N13O13. The van der Waals surface area contributed by atoms with Gasteiger partial charge in [-0.2, -0.15) is 0 Å². The average Bonchev–Trinajstić information content (AvgIpc) is 1.91. The first kappa shape index (κ1) is 64.9. The molecule has 0 bridgehead atoms. The number of para-hydroxylation sites is 2. The summed E-state index contributed by atoms with van der Waals surface area (Å²) in [4.78, 5) is 138. The highest BCUT2D eigenvalue weighted by atomic mass is 16.5. The van der Waals surface area contributed by atoms with Crippen LogP contribution in [0.2, 0.25) is 0 Å². The van der Waals surface area contributed by atoms with Gasteiger partial charge in [-0.3, -0.25) is 33.6 Å². The van der Waals surface area contributed by atoms with Crippen LogP contribution in [-0.4, -0.2) is 204 Å². The molecular weight excluding hydrogens is 1120 g/mol. The van der Waals surface area contributed by atoms with Crippen LogP contribution in [0.4, 0.5) is 25.8 Å². The van der Waals surface area contributed by atoms with Gasteiger partial charge in [0, 0.05) is 112 Å². The Hall–Kier alpha value is -9.66. The normalized spacial score (nSPS) is 14.7. The fraction of sp³-hybridized carbons (Fsp3) is 0.377. The molecule has 2 aromatic heterocycles. The van der Waals surface area contributed by atoms with Crippen molar-refractivity contribution in [2.24, 2.45) is 5.73 Å². The molecule has 2 atom stereocenters. The Labute approximate surface area is 502 Å². The van der Waals surface area contributed by atoms with Crippen LogP contribution < -0.4 is 37.6 Å². The smallest absolute Gasteiger partial charge is 0.323 e. The minimum atomic E-state index is -1.19. The number of Topliss-reactive ketones (excluding diaryl/α,β-unsaturated/α-hetero) is 2. The van der Waals surface area contributed by atoms with Gasteiger partial charge in [0.2, 0.25) is 0 Å². The zero-order valence-electron chi connectivity index (χ0n) is 48.7. The predicted octanol–water partition coefficient (Wildman–Crippen LogP) is 4.63. The second-order valence-corrected chi connectivity index (χ2v) is 20.6. The lowest BCUT2D eigenvalue weighted by Gasteiger charge is -2.39. The number of carboxylic acids is 1. The van der Waals surface area contributed by atoms with Crippen molar-refractivity contribution in [2.75, 3.05) is 109 Å². The summed E-state index contributed by atoms with van der Waals surface area (Å²) in [6, 6.07) is 25.8. The van der Waals surface area contributed by atoms with Crippen molar-refractivity contribution in [3.8, 4) is 0 Å². The Kier molecular flexibility index (Phi) is 24.3. The number of aromatic amines is 2. The van der Waals surface area contributed by atoms with Gasteiger partial charge < -0.3 is 81.8 Å². The molecule has 6 aromatic rings. The minimum Gasteiger partial charge on any atom is -0.480 e. The van der Waals surface area contributed by atoms with E-state index >= 15 is 0 Å². The maximum absolute atomic E-state index is 13.4. The van der Waals surface area contributed by atoms with E-state index in [4.69, 9.17) is 20.3 Å². The molecule has 2 aliphatic heterocycles. The maximum atomic E-state index is 13.4. The van der Waals surface area contributed by atoms with Crippen molar-refractivity contribution in [1.29, 1.82) is 0 Å². The fourth-order valence-electron chi connectivity index (χ4n) is 10.00. The maximum Gasteiger partial charge on any atom is 0.323 e. The van der Waals surface area contributed by atoms with Crippen LogP contribution >= 0.6 is 0 Å². The zero-order valence-corrected chi connectivity index (χ0v) is 48.7. The zero-order chi connectivity index (χ0) is 62.2. The van der Waals surface area contributed by atoms with Crippen LogP contribution in [0.3, 0.4) is 0 Å². The highest BCUT2D eigenvalue weighted by Gasteiger charge is 2.36. The van der Waals surface area contributed by atoms with Gasteiger partial charge in [0.15, 0.2) is 0 Å². The third kappa shape index (κ3) is 18.2. The number of rotatable bonds is 25. The molecule has 0 saturated carbocycles. The first-order chi connectivity index (χ1) is 42.1. The number of fused-ring (bicyclic) bond motifs is 2. The monoisotopic (exact) mass is 1200 g/mol. The lowest BCUT2D eigenvalue weighted by molar-refractivity contribution is -0.135. The Balaban J connectivity index is 0.000000263. The fourth-order valence-corrected chi connectivity index (χ4v) is 10.00. The molecule has 2 saturated heterocycles. The number of amides is 10. The number of urea groups is 3. The molecule has 26 nitrogen and oxygen atoms in total. The number of nitrogens with zero attached hydrogens (tertiary/aromatic N) is 4. The van der Waals surface area contributed by atoms with Crippen LogP contribution in [0.15, 0.2) is 109 Å².